The Hall–Kier alpha value is -1.94. The maximum Gasteiger partial charge on any atom is 0.472 e. The Morgan fingerprint density at radius 3 is 0.780 bits per heavy atom. The fraction of sp³-hybridized carbons (Fsp3) is 0.944. The predicted octanol–water partition coefficient (Wildman–Crippen LogP) is 20.8. The third kappa shape index (κ3) is 63.9. The Kier molecular flexibility index (Phi) is 62.7. The number of aliphatic hydroxyl groups is 1. The van der Waals surface area contributed by atoms with E-state index in [1.165, 1.54) is 186 Å². The second-order valence-corrected chi connectivity index (χ2v) is 29.4. The summed E-state index contributed by atoms with van der Waals surface area (Å²) in [6.45, 7) is 9.62. The van der Waals surface area contributed by atoms with Crippen LogP contribution in [-0.2, 0) is 65.4 Å². The lowest BCUT2D eigenvalue weighted by Gasteiger charge is -2.21. The SMILES string of the molecule is CCCCCCCCCCCCC(=O)O[C@H](COC(=O)CCCCCCCCCCC)COP(=O)(O)OC[C@H](O)COP(=O)(O)OC[C@@H](COC(=O)CCCCCCCCCCCCC(C)CC)OC(=O)CCCCCCCCCCCCCCCCC(C)CC. The smallest absolute Gasteiger partial charge is 0.462 e. The molecule has 91 heavy (non-hydrogen) atoms. The van der Waals surface area contributed by atoms with Crippen LogP contribution < -0.4 is 0 Å². The van der Waals surface area contributed by atoms with E-state index in [0.717, 1.165) is 102 Å². The fourth-order valence-corrected chi connectivity index (χ4v) is 12.5. The average molecular weight is 1340 g/mol. The molecule has 17 nitrogen and oxygen atoms in total. The van der Waals surface area contributed by atoms with Crippen LogP contribution in [0.1, 0.15) is 369 Å². The van der Waals surface area contributed by atoms with Crippen molar-refractivity contribution in [2.75, 3.05) is 39.6 Å². The van der Waals surface area contributed by atoms with E-state index >= 15 is 0 Å². The van der Waals surface area contributed by atoms with Crippen molar-refractivity contribution < 1.29 is 80.2 Å². The first-order chi connectivity index (χ1) is 43.9. The van der Waals surface area contributed by atoms with Crippen molar-refractivity contribution in [2.45, 2.75) is 387 Å². The van der Waals surface area contributed by atoms with Crippen molar-refractivity contribution in [3.8, 4) is 0 Å². The minimum absolute atomic E-state index is 0.106. The van der Waals surface area contributed by atoms with Crippen LogP contribution in [0.2, 0.25) is 0 Å². The predicted molar refractivity (Wildman–Crippen MR) is 368 cm³/mol. The van der Waals surface area contributed by atoms with Crippen LogP contribution in [0.5, 0.6) is 0 Å². The molecular weight excluding hydrogens is 1200 g/mol. The van der Waals surface area contributed by atoms with Crippen molar-refractivity contribution in [1.82, 2.24) is 0 Å². The van der Waals surface area contributed by atoms with Gasteiger partial charge in [0.1, 0.15) is 19.3 Å². The Morgan fingerprint density at radius 1 is 0.308 bits per heavy atom. The van der Waals surface area contributed by atoms with Gasteiger partial charge >= 0.3 is 39.5 Å². The highest BCUT2D eigenvalue weighted by Crippen LogP contribution is 2.45. The number of unbranched alkanes of at least 4 members (excludes halogenated alkanes) is 39. The minimum Gasteiger partial charge on any atom is -0.462 e. The Balaban J connectivity index is 5.22. The van der Waals surface area contributed by atoms with Crippen LogP contribution in [0.25, 0.3) is 0 Å². The van der Waals surface area contributed by atoms with Crippen molar-refractivity contribution in [2.24, 2.45) is 11.8 Å². The summed E-state index contributed by atoms with van der Waals surface area (Å²) < 4.78 is 68.3. The third-order valence-electron chi connectivity index (χ3n) is 17.4. The van der Waals surface area contributed by atoms with E-state index in [-0.39, 0.29) is 25.7 Å². The molecule has 0 amide bonds. The van der Waals surface area contributed by atoms with Gasteiger partial charge in [0.2, 0.25) is 0 Å². The number of aliphatic hydroxyl groups excluding tert-OH is 1. The molecular formula is C72H140O17P2. The van der Waals surface area contributed by atoms with E-state index in [1.807, 2.05) is 0 Å². The second-order valence-electron chi connectivity index (χ2n) is 26.5. The van der Waals surface area contributed by atoms with E-state index in [0.29, 0.717) is 25.7 Å². The summed E-state index contributed by atoms with van der Waals surface area (Å²) in [5.41, 5.74) is 0. The van der Waals surface area contributed by atoms with Gasteiger partial charge in [0.25, 0.3) is 0 Å². The molecule has 4 unspecified atom stereocenters. The van der Waals surface area contributed by atoms with Crippen LogP contribution in [0, 0.1) is 11.8 Å². The number of hydrogen-bond donors (Lipinski definition) is 3. The molecule has 0 rings (SSSR count). The van der Waals surface area contributed by atoms with Crippen molar-refractivity contribution in [1.29, 1.82) is 0 Å². The standard InChI is InChI=1S/C72H140O17P2/c1-7-11-13-15-17-19-31-38-44-50-56-71(76)88-67(60-82-69(74)54-48-42-36-28-18-16-14-12-8-2)62-86-90(78,79)84-58-66(73)59-85-91(80,81)87-63-68(61-83-70(75)55-49-43-37-32-27-26-30-35-41-47-53-65(6)10-4)89-72(77)57-51-45-39-33-25-23-21-20-22-24-29-34-40-46-52-64(5)9-3/h64-68,73H,7-63H2,1-6H3,(H,78,79)(H,80,81)/t64?,65?,66-,67+,68+/m0/s1. The van der Waals surface area contributed by atoms with Crippen molar-refractivity contribution >= 4 is 39.5 Å². The molecule has 0 aromatic rings. The van der Waals surface area contributed by atoms with E-state index in [9.17, 15) is 43.2 Å². The first-order valence-corrected chi connectivity index (χ1v) is 40.6. The molecule has 0 aliphatic heterocycles. The second kappa shape index (κ2) is 64.1. The number of ether oxygens (including phenoxy) is 4. The van der Waals surface area contributed by atoms with Gasteiger partial charge in [-0.1, -0.05) is 318 Å². The summed E-state index contributed by atoms with van der Waals surface area (Å²) in [5, 5.41) is 10.6. The lowest BCUT2D eigenvalue weighted by atomic mass is 9.99. The van der Waals surface area contributed by atoms with Crippen LogP contribution in [0.15, 0.2) is 0 Å². The van der Waals surface area contributed by atoms with Gasteiger partial charge in [0, 0.05) is 25.7 Å². The van der Waals surface area contributed by atoms with Crippen LogP contribution in [0.3, 0.4) is 0 Å². The number of rotatable bonds is 71. The van der Waals surface area contributed by atoms with Gasteiger partial charge in [0.15, 0.2) is 12.2 Å². The maximum atomic E-state index is 13.0. The van der Waals surface area contributed by atoms with E-state index in [4.69, 9.17) is 37.0 Å². The summed E-state index contributed by atoms with van der Waals surface area (Å²) in [7, 11) is -9.90. The largest absolute Gasteiger partial charge is 0.472 e. The molecule has 0 aromatic carbocycles. The molecule has 0 aliphatic rings. The van der Waals surface area contributed by atoms with Crippen molar-refractivity contribution in [3.05, 3.63) is 0 Å². The average Bonchev–Trinajstić information content (AvgIpc) is 3.70. The molecule has 0 saturated carbocycles. The minimum atomic E-state index is -4.95. The number of carbonyl (C=O) groups excluding carboxylic acids is 4. The summed E-state index contributed by atoms with van der Waals surface area (Å²) in [6.07, 6.45) is 49.8. The molecule has 0 spiro atoms. The number of carbonyl (C=O) groups is 4. The number of phosphoric acid groups is 2. The Morgan fingerprint density at radius 2 is 0.527 bits per heavy atom. The van der Waals surface area contributed by atoms with Gasteiger partial charge in [-0.15, -0.1) is 0 Å². The topological polar surface area (TPSA) is 237 Å². The van der Waals surface area contributed by atoms with Gasteiger partial charge < -0.3 is 33.8 Å². The zero-order valence-electron chi connectivity index (χ0n) is 59.1. The molecule has 0 radical (unpaired) electrons. The summed E-state index contributed by atoms with van der Waals surface area (Å²) >= 11 is 0. The quantitative estimate of drug-likeness (QED) is 0.0222. The van der Waals surface area contributed by atoms with E-state index in [1.54, 1.807) is 0 Å². The molecule has 0 heterocycles. The Bertz CT molecular complexity index is 1770. The molecule has 0 bridgehead atoms. The number of hydrogen-bond acceptors (Lipinski definition) is 15. The monoisotopic (exact) mass is 1340 g/mol. The zero-order valence-corrected chi connectivity index (χ0v) is 60.9. The molecule has 7 atom stereocenters. The highest BCUT2D eigenvalue weighted by atomic mass is 31.2. The fourth-order valence-electron chi connectivity index (χ4n) is 10.9. The molecule has 540 valence electrons. The number of phosphoric ester groups is 2. The normalized spacial score (nSPS) is 14.7. The van der Waals surface area contributed by atoms with Gasteiger partial charge in [-0.3, -0.25) is 37.3 Å². The van der Waals surface area contributed by atoms with Gasteiger partial charge in [-0.05, 0) is 37.5 Å². The van der Waals surface area contributed by atoms with Crippen molar-refractivity contribution in [3.63, 3.8) is 0 Å². The van der Waals surface area contributed by atoms with E-state index < -0.39 is 97.5 Å². The van der Waals surface area contributed by atoms with Gasteiger partial charge in [-0.25, -0.2) is 9.13 Å². The highest BCUT2D eigenvalue weighted by molar-refractivity contribution is 7.47. The maximum absolute atomic E-state index is 13.0. The third-order valence-corrected chi connectivity index (χ3v) is 19.3. The van der Waals surface area contributed by atoms with Gasteiger partial charge in [-0.2, -0.15) is 0 Å². The lowest BCUT2D eigenvalue weighted by molar-refractivity contribution is -0.161. The summed E-state index contributed by atoms with van der Waals surface area (Å²) in [6, 6.07) is 0. The Labute approximate surface area is 556 Å². The van der Waals surface area contributed by atoms with Crippen LogP contribution in [-0.4, -0.2) is 96.7 Å². The molecule has 0 saturated heterocycles. The zero-order chi connectivity index (χ0) is 67.2. The molecule has 3 N–H and O–H groups in total. The number of esters is 4. The van der Waals surface area contributed by atoms with E-state index in [2.05, 4.69) is 41.5 Å². The lowest BCUT2D eigenvalue weighted by Crippen LogP contribution is -2.30. The molecule has 0 aromatic heterocycles. The molecule has 0 aliphatic carbocycles. The molecule has 0 fully saturated rings. The van der Waals surface area contributed by atoms with Crippen LogP contribution >= 0.6 is 15.6 Å². The summed E-state index contributed by atoms with van der Waals surface area (Å²) in [4.78, 5) is 72.5. The van der Waals surface area contributed by atoms with Crippen LogP contribution in [0.4, 0.5) is 0 Å². The highest BCUT2D eigenvalue weighted by Gasteiger charge is 2.30. The summed E-state index contributed by atoms with van der Waals surface area (Å²) in [5.74, 6) is -0.467. The molecule has 19 heteroatoms. The van der Waals surface area contributed by atoms with Gasteiger partial charge in [0.05, 0.1) is 26.4 Å². The first kappa shape index (κ1) is 89.1. The first-order valence-electron chi connectivity index (χ1n) is 37.6.